The first-order valence-corrected chi connectivity index (χ1v) is 7.87. The first-order chi connectivity index (χ1) is 9.78. The minimum Gasteiger partial charge on any atom is -0.319 e. The molecule has 2 atom stereocenters. The van der Waals surface area contributed by atoms with E-state index in [9.17, 15) is 13.2 Å². The molecule has 2 N–H and O–H groups in total. The monoisotopic (exact) mass is 314 g/mol. The first-order valence-electron chi connectivity index (χ1n) is 7.05. The van der Waals surface area contributed by atoms with Crippen LogP contribution in [0, 0.1) is 5.92 Å². The van der Waals surface area contributed by atoms with E-state index in [1.165, 1.54) is 17.4 Å². The van der Waals surface area contributed by atoms with Crippen LogP contribution in [0.2, 0.25) is 0 Å². The van der Waals surface area contributed by atoms with Gasteiger partial charge in [-0.3, -0.25) is 0 Å². The molecule has 2 unspecified atom stereocenters. The number of hydrogen-bond acceptors (Lipinski definition) is 3. The largest absolute Gasteiger partial charge is 0.416 e. The Bertz CT molecular complexity index is 664. The van der Waals surface area contributed by atoms with Gasteiger partial charge in [0.15, 0.2) is 0 Å². The Kier molecular flexibility index (Phi) is 3.48. The van der Waals surface area contributed by atoms with Gasteiger partial charge >= 0.3 is 6.18 Å². The molecule has 0 bridgehead atoms. The third kappa shape index (κ3) is 2.79. The molecule has 2 nitrogen and oxygen atoms in total. The topological polar surface area (TPSA) is 38.9 Å². The molecule has 1 aromatic carbocycles. The number of nitrogens with zero attached hydrogens (tertiary/aromatic N) is 1. The zero-order valence-electron chi connectivity index (χ0n) is 11.7. The predicted molar refractivity (Wildman–Crippen MR) is 78.1 cm³/mol. The molecule has 1 aromatic heterocycles. The van der Waals surface area contributed by atoms with Gasteiger partial charge in [0.25, 0.3) is 0 Å². The van der Waals surface area contributed by atoms with E-state index in [2.05, 4.69) is 11.9 Å². The lowest BCUT2D eigenvalue weighted by Gasteiger charge is -2.35. The summed E-state index contributed by atoms with van der Waals surface area (Å²) >= 11 is 1.42. The molecule has 0 saturated heterocycles. The number of benzene rings is 1. The van der Waals surface area contributed by atoms with Gasteiger partial charge in [0, 0.05) is 0 Å². The van der Waals surface area contributed by atoms with Crippen molar-refractivity contribution in [1.82, 2.24) is 4.98 Å². The maximum Gasteiger partial charge on any atom is 0.416 e. The normalized spacial score (nSPS) is 27.2. The highest BCUT2D eigenvalue weighted by atomic mass is 32.1. The van der Waals surface area contributed by atoms with Crippen molar-refractivity contribution in [1.29, 1.82) is 0 Å². The number of hydrogen-bond donors (Lipinski definition) is 1. The Morgan fingerprint density at radius 2 is 2.14 bits per heavy atom. The summed E-state index contributed by atoms with van der Waals surface area (Å²) in [6.07, 6.45) is -0.441. The summed E-state index contributed by atoms with van der Waals surface area (Å²) in [6, 6.07) is 3.72. The van der Waals surface area contributed by atoms with Crippen molar-refractivity contribution in [2.24, 2.45) is 11.7 Å². The molecule has 21 heavy (non-hydrogen) atoms. The van der Waals surface area contributed by atoms with E-state index < -0.39 is 17.3 Å². The fourth-order valence-corrected chi connectivity index (χ4v) is 4.19. The van der Waals surface area contributed by atoms with E-state index in [1.807, 2.05) is 0 Å². The highest BCUT2D eigenvalue weighted by Gasteiger charge is 2.36. The third-order valence-electron chi connectivity index (χ3n) is 4.17. The molecule has 3 rings (SSSR count). The number of fused-ring (bicyclic) bond motifs is 1. The zero-order valence-corrected chi connectivity index (χ0v) is 12.5. The molecule has 114 valence electrons. The van der Waals surface area contributed by atoms with Gasteiger partial charge in [-0.2, -0.15) is 13.2 Å². The molecule has 1 saturated carbocycles. The van der Waals surface area contributed by atoms with Crippen molar-refractivity contribution in [3.8, 4) is 0 Å². The summed E-state index contributed by atoms with van der Waals surface area (Å²) in [5, 5.41) is 0.767. The molecular formula is C15H17F3N2S. The maximum atomic E-state index is 12.8. The summed E-state index contributed by atoms with van der Waals surface area (Å²) in [7, 11) is 0. The van der Waals surface area contributed by atoms with Gasteiger partial charge in [-0.15, -0.1) is 11.3 Å². The molecule has 1 aliphatic rings. The summed E-state index contributed by atoms with van der Waals surface area (Å²) < 4.78 is 39.0. The van der Waals surface area contributed by atoms with Crippen molar-refractivity contribution in [3.63, 3.8) is 0 Å². The molecular weight excluding hydrogens is 297 g/mol. The molecule has 1 heterocycles. The molecule has 6 heteroatoms. The number of thiazole rings is 1. The minimum absolute atomic E-state index is 0.396. The average Bonchev–Trinajstić information content (AvgIpc) is 2.80. The van der Waals surface area contributed by atoms with E-state index in [0.717, 1.165) is 47.5 Å². The highest BCUT2D eigenvalue weighted by molar-refractivity contribution is 7.18. The summed E-state index contributed by atoms with van der Waals surface area (Å²) in [6.45, 7) is 2.16. The fourth-order valence-electron chi connectivity index (χ4n) is 3.10. The van der Waals surface area contributed by atoms with Gasteiger partial charge < -0.3 is 5.73 Å². The second kappa shape index (κ2) is 4.95. The Balaban J connectivity index is 2.01. The van der Waals surface area contributed by atoms with Gasteiger partial charge in [-0.1, -0.05) is 19.8 Å². The lowest BCUT2D eigenvalue weighted by atomic mass is 9.77. The second-order valence-electron chi connectivity index (χ2n) is 6.06. The number of halogens is 3. The molecule has 1 fully saturated rings. The lowest BCUT2D eigenvalue weighted by Crippen LogP contribution is -2.40. The van der Waals surface area contributed by atoms with Crippen LogP contribution in [0.1, 0.15) is 43.2 Å². The van der Waals surface area contributed by atoms with E-state index >= 15 is 0 Å². The van der Waals surface area contributed by atoms with Crippen LogP contribution in [-0.4, -0.2) is 4.98 Å². The number of aromatic nitrogens is 1. The maximum absolute atomic E-state index is 12.8. The molecule has 0 amide bonds. The zero-order chi connectivity index (χ0) is 15.3. The van der Waals surface area contributed by atoms with Crippen LogP contribution in [-0.2, 0) is 11.7 Å². The van der Waals surface area contributed by atoms with Crippen molar-refractivity contribution in [2.45, 2.75) is 44.3 Å². The standard InChI is InChI=1S/C15H17F3N2S/c1-9-3-2-6-14(19,8-9)13-20-11-7-10(15(16,17)18)4-5-12(11)21-13/h4-5,7,9H,2-3,6,8,19H2,1H3. The van der Waals surface area contributed by atoms with E-state index in [-0.39, 0.29) is 0 Å². The third-order valence-corrected chi connectivity index (χ3v) is 5.43. The number of nitrogens with two attached hydrogens (primary N) is 1. The van der Waals surface area contributed by atoms with Gasteiger partial charge in [0.2, 0.25) is 0 Å². The molecule has 0 spiro atoms. The van der Waals surface area contributed by atoms with Gasteiger partial charge in [-0.05, 0) is 37.0 Å². The van der Waals surface area contributed by atoms with Crippen molar-refractivity contribution in [2.75, 3.05) is 0 Å². The lowest BCUT2D eigenvalue weighted by molar-refractivity contribution is -0.137. The second-order valence-corrected chi connectivity index (χ2v) is 7.09. The summed E-state index contributed by atoms with van der Waals surface area (Å²) in [5.74, 6) is 0.529. The quantitative estimate of drug-likeness (QED) is 0.830. The highest BCUT2D eigenvalue weighted by Crippen LogP contribution is 2.41. The van der Waals surface area contributed by atoms with Crippen LogP contribution in [0.4, 0.5) is 13.2 Å². The van der Waals surface area contributed by atoms with E-state index in [4.69, 9.17) is 5.73 Å². The molecule has 1 aliphatic carbocycles. The van der Waals surface area contributed by atoms with Crippen molar-refractivity contribution >= 4 is 21.6 Å². The van der Waals surface area contributed by atoms with Gasteiger partial charge in [-0.25, -0.2) is 4.98 Å². The minimum atomic E-state index is -4.34. The smallest absolute Gasteiger partial charge is 0.319 e. The number of rotatable bonds is 1. The van der Waals surface area contributed by atoms with Crippen LogP contribution in [0.15, 0.2) is 18.2 Å². The SMILES string of the molecule is CC1CCCC(N)(c2nc3cc(C(F)(F)F)ccc3s2)C1. The average molecular weight is 314 g/mol. The van der Waals surface area contributed by atoms with Crippen LogP contribution >= 0.6 is 11.3 Å². The fraction of sp³-hybridized carbons (Fsp3) is 0.533. The van der Waals surface area contributed by atoms with Gasteiger partial charge in [0.05, 0.1) is 21.3 Å². The predicted octanol–water partition coefficient (Wildman–Crippen LogP) is 4.68. The molecule has 2 aromatic rings. The summed E-state index contributed by atoms with van der Waals surface area (Å²) in [5.41, 5.74) is 5.74. The Hall–Kier alpha value is -1.14. The van der Waals surface area contributed by atoms with E-state index in [0.29, 0.717) is 11.4 Å². The Labute approximate surface area is 125 Å². The summed E-state index contributed by atoms with van der Waals surface area (Å²) in [4.78, 5) is 4.41. The molecule has 0 aliphatic heterocycles. The Morgan fingerprint density at radius 3 is 2.81 bits per heavy atom. The Morgan fingerprint density at radius 1 is 1.38 bits per heavy atom. The molecule has 0 radical (unpaired) electrons. The van der Waals surface area contributed by atoms with Crippen LogP contribution < -0.4 is 5.73 Å². The van der Waals surface area contributed by atoms with Crippen LogP contribution in [0.25, 0.3) is 10.2 Å². The van der Waals surface area contributed by atoms with Crippen molar-refractivity contribution < 1.29 is 13.2 Å². The van der Waals surface area contributed by atoms with Gasteiger partial charge in [0.1, 0.15) is 5.01 Å². The first kappa shape index (κ1) is 14.8. The van der Waals surface area contributed by atoms with Crippen LogP contribution in [0.5, 0.6) is 0 Å². The van der Waals surface area contributed by atoms with Crippen LogP contribution in [0.3, 0.4) is 0 Å². The van der Waals surface area contributed by atoms with Crippen molar-refractivity contribution in [3.05, 3.63) is 28.8 Å². The van der Waals surface area contributed by atoms with E-state index in [1.54, 1.807) is 0 Å². The number of alkyl halides is 3.